The van der Waals surface area contributed by atoms with Gasteiger partial charge in [0.05, 0.1) is 5.69 Å². The van der Waals surface area contributed by atoms with Crippen LogP contribution in [0.1, 0.15) is 49.7 Å². The summed E-state index contributed by atoms with van der Waals surface area (Å²) in [6.07, 6.45) is 15.2. The van der Waals surface area contributed by atoms with Gasteiger partial charge in [0.1, 0.15) is 0 Å². The van der Waals surface area contributed by atoms with Gasteiger partial charge in [-0.3, -0.25) is 14.9 Å². The number of aromatic nitrogens is 1. The summed E-state index contributed by atoms with van der Waals surface area (Å²) in [4.78, 5) is 17.6. The number of benzene rings is 1. The van der Waals surface area contributed by atoms with Crippen LogP contribution in [-0.2, 0) is 0 Å². The highest BCUT2D eigenvalue weighted by atomic mass is 32.2. The molecular weight excluding hydrogens is 364 g/mol. The van der Waals surface area contributed by atoms with Crippen LogP contribution >= 0.6 is 11.9 Å². The molecule has 2 N–H and O–H groups in total. The zero-order valence-corrected chi connectivity index (χ0v) is 18.0. The van der Waals surface area contributed by atoms with Crippen LogP contribution in [0.3, 0.4) is 0 Å². The number of carbonyl (C=O) groups is 1. The lowest BCUT2D eigenvalue weighted by Gasteiger charge is -2.09. The summed E-state index contributed by atoms with van der Waals surface area (Å²) in [6, 6.07) is 12.0. The predicted molar refractivity (Wildman–Crippen MR) is 124 cm³/mol. The summed E-state index contributed by atoms with van der Waals surface area (Å²) in [5, 5.41) is 4.76. The molecule has 4 heteroatoms. The molecule has 0 amide bonds. The van der Waals surface area contributed by atoms with Gasteiger partial charge in [-0.2, -0.15) is 0 Å². The molecule has 0 unspecified atom stereocenters. The second-order valence-corrected chi connectivity index (χ2v) is 6.42. The van der Waals surface area contributed by atoms with Gasteiger partial charge >= 0.3 is 0 Å². The molecule has 1 aromatic heterocycles. The number of nitrogens with zero attached hydrogens (tertiary/aromatic N) is 1. The average molecular weight is 395 g/mol. The van der Waals surface area contributed by atoms with Gasteiger partial charge in [0.2, 0.25) is 0 Å². The van der Waals surface area contributed by atoms with Crippen LogP contribution in [0.2, 0.25) is 0 Å². The third kappa shape index (κ3) is 7.29. The molecule has 1 aromatic carbocycles. The first kappa shape index (κ1) is 23.6. The smallest absolute Gasteiger partial charge is 0.194 e. The summed E-state index contributed by atoms with van der Waals surface area (Å²) in [7, 11) is 0. The number of hydrogen-bond acceptors (Lipinski definition) is 4. The molecule has 0 radical (unpaired) electrons. The fourth-order valence-electron chi connectivity index (χ4n) is 2.51. The standard InChI is InChI=1S/C23H25NO.CH5NS/c1-4-7-12-18(6-3)23(25)21-16-20(19-13-10-9-11-14-19)17-24-22(21)15-8-5-2;1-3-2/h6-17H,4-5H2,1-3H3;2H2,1H3/b12-7-,15-8-,18-6+;. The number of nitrogens with two attached hydrogens (primary N) is 1. The largest absolute Gasteiger partial charge is 0.289 e. The fourth-order valence-corrected chi connectivity index (χ4v) is 2.51. The second kappa shape index (κ2) is 13.7. The first-order valence-electron chi connectivity index (χ1n) is 9.45. The van der Waals surface area contributed by atoms with E-state index in [1.165, 1.54) is 11.9 Å². The zero-order chi connectivity index (χ0) is 20.8. The highest BCUT2D eigenvalue weighted by molar-refractivity contribution is 7.96. The van der Waals surface area contributed by atoms with E-state index >= 15 is 0 Å². The Morgan fingerprint density at radius 1 is 1.11 bits per heavy atom. The minimum atomic E-state index is 0.00762. The molecule has 148 valence electrons. The molecule has 28 heavy (non-hydrogen) atoms. The van der Waals surface area contributed by atoms with Crippen LogP contribution in [0.4, 0.5) is 0 Å². The number of rotatable bonds is 7. The SMILES string of the molecule is C/C=C(\C=C/CC)C(=O)c1cc(-c2ccccc2)cnc1/C=C\CC.CSN. The molecule has 0 saturated heterocycles. The summed E-state index contributed by atoms with van der Waals surface area (Å²) >= 11 is 1.25. The minimum Gasteiger partial charge on any atom is -0.289 e. The van der Waals surface area contributed by atoms with E-state index in [0.29, 0.717) is 11.1 Å². The van der Waals surface area contributed by atoms with Crippen LogP contribution in [-0.4, -0.2) is 17.0 Å². The maximum atomic E-state index is 13.1. The van der Waals surface area contributed by atoms with E-state index < -0.39 is 0 Å². The molecule has 3 nitrogen and oxygen atoms in total. The lowest BCUT2D eigenvalue weighted by Crippen LogP contribution is -2.06. The first-order valence-corrected chi connectivity index (χ1v) is 10.7. The van der Waals surface area contributed by atoms with E-state index in [1.807, 2.05) is 86.2 Å². The van der Waals surface area contributed by atoms with E-state index in [2.05, 4.69) is 18.8 Å². The predicted octanol–water partition coefficient (Wildman–Crippen LogP) is 6.49. The van der Waals surface area contributed by atoms with Crippen molar-refractivity contribution in [2.75, 3.05) is 6.26 Å². The Balaban J connectivity index is 0.00000122. The highest BCUT2D eigenvalue weighted by Gasteiger charge is 2.15. The van der Waals surface area contributed by atoms with Crippen molar-refractivity contribution >= 4 is 23.8 Å². The van der Waals surface area contributed by atoms with Crippen LogP contribution in [0.25, 0.3) is 17.2 Å². The van der Waals surface area contributed by atoms with Crippen molar-refractivity contribution in [2.45, 2.75) is 33.6 Å². The van der Waals surface area contributed by atoms with Gasteiger partial charge in [-0.25, -0.2) is 0 Å². The van der Waals surface area contributed by atoms with Crippen molar-refractivity contribution in [2.24, 2.45) is 5.14 Å². The fraction of sp³-hybridized carbons (Fsp3) is 0.250. The normalized spacial score (nSPS) is 11.5. The van der Waals surface area contributed by atoms with Crippen LogP contribution in [0, 0.1) is 0 Å². The highest BCUT2D eigenvalue weighted by Crippen LogP contribution is 2.24. The zero-order valence-electron chi connectivity index (χ0n) is 17.2. The number of allylic oxidation sites excluding steroid dienone is 5. The van der Waals surface area contributed by atoms with Crippen LogP contribution < -0.4 is 5.14 Å². The Morgan fingerprint density at radius 3 is 2.32 bits per heavy atom. The number of hydrogen-bond donors (Lipinski definition) is 1. The molecule has 0 atom stereocenters. The second-order valence-electron chi connectivity index (χ2n) is 5.95. The van der Waals surface area contributed by atoms with E-state index in [0.717, 1.165) is 29.7 Å². The molecule has 0 aliphatic rings. The molecule has 0 bridgehead atoms. The summed E-state index contributed by atoms with van der Waals surface area (Å²) < 4.78 is 0. The van der Waals surface area contributed by atoms with Gasteiger partial charge in [-0.15, -0.1) is 0 Å². The molecule has 2 rings (SSSR count). The van der Waals surface area contributed by atoms with Crippen molar-refractivity contribution in [1.82, 2.24) is 4.98 Å². The van der Waals surface area contributed by atoms with Gasteiger partial charge < -0.3 is 0 Å². The van der Waals surface area contributed by atoms with Gasteiger partial charge in [0.25, 0.3) is 0 Å². The van der Waals surface area contributed by atoms with E-state index in [9.17, 15) is 4.79 Å². The molecule has 1 heterocycles. The topological polar surface area (TPSA) is 56.0 Å². The lowest BCUT2D eigenvalue weighted by molar-refractivity contribution is 0.103. The summed E-state index contributed by atoms with van der Waals surface area (Å²) in [5.41, 5.74) is 4.06. The average Bonchev–Trinajstić information content (AvgIpc) is 2.73. The molecule has 0 aliphatic heterocycles. The summed E-state index contributed by atoms with van der Waals surface area (Å²) in [6.45, 7) is 6.02. The Morgan fingerprint density at radius 2 is 1.75 bits per heavy atom. The third-order valence-electron chi connectivity index (χ3n) is 3.89. The Hall–Kier alpha value is -2.43. The van der Waals surface area contributed by atoms with E-state index in [1.54, 1.807) is 0 Å². The van der Waals surface area contributed by atoms with Crippen molar-refractivity contribution in [3.8, 4) is 11.1 Å². The molecule has 0 spiro atoms. The van der Waals surface area contributed by atoms with Crippen LogP contribution in [0.15, 0.2) is 72.5 Å². The summed E-state index contributed by atoms with van der Waals surface area (Å²) in [5.74, 6) is 0.00762. The Kier molecular flexibility index (Phi) is 11.5. The van der Waals surface area contributed by atoms with Gasteiger partial charge in [0.15, 0.2) is 5.78 Å². The van der Waals surface area contributed by atoms with Crippen molar-refractivity contribution in [1.29, 1.82) is 0 Å². The van der Waals surface area contributed by atoms with Gasteiger partial charge in [-0.1, -0.05) is 80.4 Å². The number of carbonyl (C=O) groups excluding carboxylic acids is 1. The minimum absolute atomic E-state index is 0.00762. The number of pyridine rings is 1. The van der Waals surface area contributed by atoms with Gasteiger partial charge in [0, 0.05) is 22.9 Å². The van der Waals surface area contributed by atoms with Crippen molar-refractivity contribution in [3.05, 3.63) is 83.7 Å². The molecule has 0 fully saturated rings. The quantitative estimate of drug-likeness (QED) is 0.252. The third-order valence-corrected chi connectivity index (χ3v) is 3.89. The van der Waals surface area contributed by atoms with Crippen molar-refractivity contribution in [3.63, 3.8) is 0 Å². The maximum Gasteiger partial charge on any atom is 0.194 e. The molecule has 2 aromatic rings. The molecule has 0 aliphatic carbocycles. The van der Waals surface area contributed by atoms with Crippen LogP contribution in [0.5, 0.6) is 0 Å². The maximum absolute atomic E-state index is 13.1. The van der Waals surface area contributed by atoms with Gasteiger partial charge in [-0.05, 0) is 43.7 Å². The Labute approximate surface area is 173 Å². The Bertz CT molecular complexity index is 824. The molecule has 0 saturated carbocycles. The molecular formula is C24H30N2OS. The van der Waals surface area contributed by atoms with E-state index in [-0.39, 0.29) is 5.78 Å². The lowest BCUT2D eigenvalue weighted by atomic mass is 9.97. The number of Topliss-reactive ketones (excluding diaryl/α,β-unsaturated/α-hetero) is 1. The number of ketones is 1. The van der Waals surface area contributed by atoms with Crippen molar-refractivity contribution < 1.29 is 4.79 Å². The first-order chi connectivity index (χ1) is 13.6. The monoisotopic (exact) mass is 394 g/mol. The van der Waals surface area contributed by atoms with E-state index in [4.69, 9.17) is 5.14 Å².